The largest absolute Gasteiger partial charge is 0.467 e. The molecule has 3 amide bonds. The van der Waals surface area contributed by atoms with Gasteiger partial charge in [0.2, 0.25) is 0 Å². The van der Waals surface area contributed by atoms with Gasteiger partial charge in [-0.05, 0) is 49.7 Å². The summed E-state index contributed by atoms with van der Waals surface area (Å²) >= 11 is 0. The van der Waals surface area contributed by atoms with Crippen molar-refractivity contribution < 1.29 is 28.3 Å². The van der Waals surface area contributed by atoms with Crippen LogP contribution in [-0.2, 0) is 16.1 Å². The molecule has 1 aromatic heterocycles. The number of furan rings is 1. The van der Waals surface area contributed by atoms with Crippen LogP contribution in [0, 0.1) is 0 Å². The van der Waals surface area contributed by atoms with Gasteiger partial charge in [-0.3, -0.25) is 24.1 Å². The second-order valence-corrected chi connectivity index (χ2v) is 8.22. The monoisotopic (exact) mass is 460 g/mol. The standard InChI is InChI=1S/C26H24N2O6/c1-16(2)34-23(29)14-22(17-7-4-3-5-8-17)27-24(30)18-10-11-20-21(13-18)26(32)28(25(20)31)15-19-9-6-12-33-19/h3-13,16,22H,14-15H2,1-2H3,(H,27,30). The minimum Gasteiger partial charge on any atom is -0.467 e. The number of ether oxygens (including phenoxy) is 1. The Kier molecular flexibility index (Phi) is 6.58. The Bertz CT molecular complexity index is 1220. The SMILES string of the molecule is CC(C)OC(=O)CC(NC(=O)c1ccc2c(c1)C(=O)N(Cc1ccco1)C2=O)c1ccccc1. The molecule has 1 aliphatic rings. The molecule has 0 spiro atoms. The van der Waals surface area contributed by atoms with Gasteiger partial charge in [-0.2, -0.15) is 0 Å². The molecule has 4 rings (SSSR count). The van der Waals surface area contributed by atoms with E-state index >= 15 is 0 Å². The first-order valence-corrected chi connectivity index (χ1v) is 10.9. The third kappa shape index (κ3) is 4.91. The maximum Gasteiger partial charge on any atom is 0.308 e. The first kappa shape index (κ1) is 23.0. The van der Waals surface area contributed by atoms with Gasteiger partial charge in [-0.25, -0.2) is 0 Å². The molecular formula is C26H24N2O6. The lowest BCUT2D eigenvalue weighted by Gasteiger charge is -2.19. The zero-order valence-electron chi connectivity index (χ0n) is 18.8. The number of fused-ring (bicyclic) bond motifs is 1. The zero-order chi connectivity index (χ0) is 24.2. The van der Waals surface area contributed by atoms with Crippen molar-refractivity contribution in [2.75, 3.05) is 0 Å². The predicted molar refractivity (Wildman–Crippen MR) is 122 cm³/mol. The van der Waals surface area contributed by atoms with Crippen molar-refractivity contribution in [2.24, 2.45) is 0 Å². The van der Waals surface area contributed by atoms with E-state index in [1.807, 2.05) is 30.3 Å². The van der Waals surface area contributed by atoms with E-state index in [9.17, 15) is 19.2 Å². The Balaban J connectivity index is 1.54. The lowest BCUT2D eigenvalue weighted by molar-refractivity contribution is -0.147. The Morgan fingerprint density at radius 2 is 1.71 bits per heavy atom. The molecule has 0 radical (unpaired) electrons. The summed E-state index contributed by atoms with van der Waals surface area (Å²) in [6, 6.07) is 16.2. The maximum atomic E-state index is 13.1. The number of amides is 3. The van der Waals surface area contributed by atoms with Crippen LogP contribution in [0.15, 0.2) is 71.3 Å². The third-order valence-electron chi connectivity index (χ3n) is 5.37. The van der Waals surface area contributed by atoms with E-state index in [0.29, 0.717) is 5.76 Å². The Hall–Kier alpha value is -4.20. The predicted octanol–water partition coefficient (Wildman–Crippen LogP) is 3.89. The van der Waals surface area contributed by atoms with Crippen molar-refractivity contribution in [1.82, 2.24) is 10.2 Å². The first-order valence-electron chi connectivity index (χ1n) is 10.9. The van der Waals surface area contributed by atoms with E-state index in [1.54, 1.807) is 26.0 Å². The van der Waals surface area contributed by atoms with E-state index < -0.39 is 29.7 Å². The van der Waals surface area contributed by atoms with Crippen molar-refractivity contribution in [1.29, 1.82) is 0 Å². The van der Waals surface area contributed by atoms with Crippen LogP contribution < -0.4 is 5.32 Å². The molecule has 1 N–H and O–H groups in total. The van der Waals surface area contributed by atoms with Gasteiger partial charge < -0.3 is 14.5 Å². The number of benzene rings is 2. The van der Waals surface area contributed by atoms with Crippen molar-refractivity contribution in [3.05, 3.63) is 94.9 Å². The smallest absolute Gasteiger partial charge is 0.308 e. The first-order chi connectivity index (χ1) is 16.3. The molecule has 0 fully saturated rings. The molecule has 1 unspecified atom stereocenters. The second kappa shape index (κ2) is 9.74. The number of carbonyl (C=O) groups excluding carboxylic acids is 4. The maximum absolute atomic E-state index is 13.1. The molecule has 2 heterocycles. The average Bonchev–Trinajstić information content (AvgIpc) is 3.41. The Morgan fingerprint density at radius 1 is 0.971 bits per heavy atom. The molecular weight excluding hydrogens is 436 g/mol. The molecule has 0 bridgehead atoms. The summed E-state index contributed by atoms with van der Waals surface area (Å²) in [5.74, 6) is -1.37. The number of esters is 1. The number of nitrogens with zero attached hydrogens (tertiary/aromatic N) is 1. The zero-order valence-corrected chi connectivity index (χ0v) is 18.8. The van der Waals surface area contributed by atoms with Crippen LogP contribution in [0.1, 0.15) is 68.7 Å². The molecule has 1 atom stereocenters. The molecule has 8 nitrogen and oxygen atoms in total. The molecule has 0 aliphatic carbocycles. The summed E-state index contributed by atoms with van der Waals surface area (Å²) in [7, 11) is 0. The highest BCUT2D eigenvalue weighted by atomic mass is 16.5. The van der Waals surface area contributed by atoms with E-state index in [2.05, 4.69) is 5.32 Å². The van der Waals surface area contributed by atoms with E-state index in [0.717, 1.165) is 10.5 Å². The summed E-state index contributed by atoms with van der Waals surface area (Å²) in [6.07, 6.45) is 1.15. The van der Waals surface area contributed by atoms with Gasteiger partial charge >= 0.3 is 5.97 Å². The molecule has 34 heavy (non-hydrogen) atoms. The Labute approximate surface area is 196 Å². The van der Waals surface area contributed by atoms with Gasteiger partial charge in [-0.1, -0.05) is 30.3 Å². The van der Waals surface area contributed by atoms with Gasteiger partial charge in [0.15, 0.2) is 0 Å². The normalized spacial score (nSPS) is 13.7. The van der Waals surface area contributed by atoms with Gasteiger partial charge in [0, 0.05) is 5.56 Å². The van der Waals surface area contributed by atoms with Crippen LogP contribution in [0.5, 0.6) is 0 Å². The number of rotatable bonds is 8. The van der Waals surface area contributed by atoms with Crippen molar-refractivity contribution in [3.63, 3.8) is 0 Å². The second-order valence-electron chi connectivity index (χ2n) is 8.22. The number of hydrogen-bond donors (Lipinski definition) is 1. The van der Waals surface area contributed by atoms with Crippen LogP contribution in [0.25, 0.3) is 0 Å². The fraction of sp³-hybridized carbons (Fsp3) is 0.231. The lowest BCUT2D eigenvalue weighted by Crippen LogP contribution is -2.31. The number of carbonyl (C=O) groups is 4. The molecule has 1 aliphatic heterocycles. The van der Waals surface area contributed by atoms with Crippen molar-refractivity contribution >= 4 is 23.7 Å². The topological polar surface area (TPSA) is 106 Å². The minimum atomic E-state index is -0.624. The number of imide groups is 1. The van der Waals surface area contributed by atoms with Crippen molar-refractivity contribution in [2.45, 2.75) is 39.0 Å². The van der Waals surface area contributed by atoms with Crippen LogP contribution in [-0.4, -0.2) is 34.7 Å². The highest BCUT2D eigenvalue weighted by Crippen LogP contribution is 2.26. The van der Waals surface area contributed by atoms with Gasteiger partial charge in [0.1, 0.15) is 5.76 Å². The van der Waals surface area contributed by atoms with E-state index in [1.165, 1.54) is 24.5 Å². The summed E-state index contributed by atoms with van der Waals surface area (Å²) in [6.45, 7) is 3.52. The van der Waals surface area contributed by atoms with E-state index in [-0.39, 0.29) is 35.8 Å². The highest BCUT2D eigenvalue weighted by Gasteiger charge is 2.36. The number of nitrogens with one attached hydrogen (secondary N) is 1. The molecule has 174 valence electrons. The fourth-order valence-electron chi connectivity index (χ4n) is 3.79. The highest BCUT2D eigenvalue weighted by molar-refractivity contribution is 6.22. The van der Waals surface area contributed by atoms with Crippen LogP contribution in [0.4, 0.5) is 0 Å². The Morgan fingerprint density at radius 3 is 2.38 bits per heavy atom. The van der Waals surface area contributed by atoms with Crippen LogP contribution in [0.2, 0.25) is 0 Å². The summed E-state index contributed by atoms with van der Waals surface area (Å²) < 4.78 is 10.5. The molecule has 8 heteroatoms. The van der Waals surface area contributed by atoms with Gasteiger partial charge in [-0.15, -0.1) is 0 Å². The molecule has 0 saturated heterocycles. The lowest BCUT2D eigenvalue weighted by atomic mass is 10.0. The third-order valence-corrected chi connectivity index (χ3v) is 5.37. The van der Waals surface area contributed by atoms with E-state index in [4.69, 9.17) is 9.15 Å². The molecule has 3 aromatic rings. The van der Waals surface area contributed by atoms with Crippen molar-refractivity contribution in [3.8, 4) is 0 Å². The fourth-order valence-corrected chi connectivity index (χ4v) is 3.79. The summed E-state index contributed by atoms with van der Waals surface area (Å²) in [5, 5.41) is 2.85. The number of hydrogen-bond acceptors (Lipinski definition) is 6. The summed E-state index contributed by atoms with van der Waals surface area (Å²) in [4.78, 5) is 52.0. The minimum absolute atomic E-state index is 0.00885. The molecule has 2 aromatic carbocycles. The quantitative estimate of drug-likeness (QED) is 0.404. The summed E-state index contributed by atoms with van der Waals surface area (Å²) in [5.41, 5.74) is 1.33. The van der Waals surface area contributed by atoms with Crippen LogP contribution >= 0.6 is 0 Å². The average molecular weight is 460 g/mol. The van der Waals surface area contributed by atoms with Gasteiger partial charge in [0.05, 0.1) is 42.5 Å². The van der Waals surface area contributed by atoms with Gasteiger partial charge in [0.25, 0.3) is 17.7 Å². The molecule has 0 saturated carbocycles. The van der Waals surface area contributed by atoms with Crippen LogP contribution in [0.3, 0.4) is 0 Å².